The van der Waals surface area contributed by atoms with Crippen molar-refractivity contribution in [1.82, 2.24) is 0 Å². The molecule has 0 bridgehead atoms. The van der Waals surface area contributed by atoms with Crippen LogP contribution in [0.25, 0.3) is 0 Å². The first-order chi connectivity index (χ1) is 6.82. The van der Waals surface area contributed by atoms with Crippen molar-refractivity contribution in [2.75, 3.05) is 0 Å². The second kappa shape index (κ2) is 3.72. The van der Waals surface area contributed by atoms with Gasteiger partial charge in [0.2, 0.25) is 0 Å². The van der Waals surface area contributed by atoms with Crippen molar-refractivity contribution in [2.24, 2.45) is 0 Å². The van der Waals surface area contributed by atoms with Gasteiger partial charge in [-0.05, 0) is 17.7 Å². The minimum atomic E-state index is -5.59. The first kappa shape index (κ1) is 11.2. The maximum absolute atomic E-state index is 12.0. The summed E-state index contributed by atoms with van der Waals surface area (Å²) in [6.07, 6.45) is 0. The van der Waals surface area contributed by atoms with E-state index in [1.54, 1.807) is 0 Å². The van der Waals surface area contributed by atoms with Crippen molar-refractivity contribution in [3.63, 3.8) is 0 Å². The Morgan fingerprint density at radius 3 is 2.00 bits per heavy atom. The van der Waals surface area contributed by atoms with Crippen molar-refractivity contribution in [3.8, 4) is 0 Å². The topological polar surface area (TPSA) is 60.2 Å². The second-order valence-corrected chi connectivity index (χ2v) is 2.74. The van der Waals surface area contributed by atoms with Gasteiger partial charge in [0.15, 0.2) is 0 Å². The molecule has 0 aliphatic heterocycles. The lowest BCUT2D eigenvalue weighted by atomic mass is 9.80. The Kier molecular flexibility index (Phi) is 2.78. The van der Waals surface area contributed by atoms with E-state index in [4.69, 9.17) is 0 Å². The number of carbonyl (C=O) groups excluding carboxylic acids is 1. The molecule has 0 aliphatic rings. The third kappa shape index (κ3) is 2.55. The molecule has 1 aromatic carbocycles. The number of hydrogen-bond donors (Lipinski definition) is 0. The van der Waals surface area contributed by atoms with E-state index >= 15 is 0 Å². The van der Waals surface area contributed by atoms with E-state index in [1.165, 1.54) is 0 Å². The van der Waals surface area contributed by atoms with Gasteiger partial charge in [0, 0.05) is 12.1 Å². The quantitative estimate of drug-likeness (QED) is 0.443. The maximum Gasteiger partial charge on any atom is 0.549 e. The average Bonchev–Trinajstić information content (AvgIpc) is 2.15. The molecule has 0 N–H and O–H groups in total. The van der Waals surface area contributed by atoms with E-state index < -0.39 is 23.1 Å². The number of rotatable bonds is 3. The molecule has 0 aromatic heterocycles. The molecule has 0 saturated heterocycles. The molecule has 1 rings (SSSR count). The van der Waals surface area contributed by atoms with Gasteiger partial charge in [0.25, 0.3) is 5.69 Å². The van der Waals surface area contributed by atoms with Gasteiger partial charge in [-0.1, -0.05) is 0 Å². The molecule has 0 spiro atoms. The summed E-state index contributed by atoms with van der Waals surface area (Å²) in [5, 5.41) is 10.2. The molecular formula is C7H4BF3NO3-. The number of nitro benzene ring substituents is 1. The van der Waals surface area contributed by atoms with E-state index in [-0.39, 0.29) is 5.69 Å². The van der Waals surface area contributed by atoms with E-state index in [0.29, 0.717) is 0 Å². The zero-order chi connectivity index (χ0) is 11.6. The number of carbonyl (C=O) groups is 1. The molecule has 0 radical (unpaired) electrons. The first-order valence-corrected chi connectivity index (χ1v) is 3.81. The molecule has 0 heterocycles. The number of nitrogens with zero attached hydrogens (tertiary/aromatic N) is 1. The predicted molar refractivity (Wildman–Crippen MR) is 46.5 cm³/mol. The van der Waals surface area contributed by atoms with E-state index in [0.717, 1.165) is 24.3 Å². The number of hydrogen-bond acceptors (Lipinski definition) is 3. The van der Waals surface area contributed by atoms with Gasteiger partial charge < -0.3 is 17.7 Å². The Hall–Kier alpha value is -1.86. The smallest absolute Gasteiger partial charge is 0.443 e. The summed E-state index contributed by atoms with van der Waals surface area (Å²) in [6, 6.07) is 3.29. The number of nitro groups is 1. The van der Waals surface area contributed by atoms with Gasteiger partial charge in [-0.15, -0.1) is 0 Å². The van der Waals surface area contributed by atoms with Gasteiger partial charge in [-0.3, -0.25) is 10.1 Å². The number of non-ortho nitro benzene ring substituents is 1. The van der Waals surface area contributed by atoms with E-state index in [1.807, 2.05) is 0 Å². The molecule has 1 aromatic rings. The monoisotopic (exact) mass is 218 g/mol. The zero-order valence-electron chi connectivity index (χ0n) is 7.19. The molecule has 0 atom stereocenters. The zero-order valence-corrected chi connectivity index (χ0v) is 7.19. The van der Waals surface area contributed by atoms with Crippen LogP contribution >= 0.6 is 0 Å². The van der Waals surface area contributed by atoms with E-state index in [2.05, 4.69) is 0 Å². The largest absolute Gasteiger partial charge is 0.549 e. The molecule has 0 aliphatic carbocycles. The van der Waals surface area contributed by atoms with Crippen molar-refractivity contribution in [2.45, 2.75) is 0 Å². The van der Waals surface area contributed by atoms with Crippen LogP contribution in [0, 0.1) is 10.1 Å². The fourth-order valence-electron chi connectivity index (χ4n) is 0.936. The molecule has 8 heteroatoms. The molecule has 0 fully saturated rings. The fraction of sp³-hybridized carbons (Fsp3) is 0. The Balaban J connectivity index is 3.00. The minimum Gasteiger partial charge on any atom is -0.443 e. The molecule has 0 saturated carbocycles. The summed E-state index contributed by atoms with van der Waals surface area (Å²) in [5.74, 6) is 0. The Bertz CT molecular complexity index is 401. The van der Waals surface area contributed by atoms with Crippen LogP contribution in [-0.2, 0) is 0 Å². The fourth-order valence-corrected chi connectivity index (χ4v) is 0.936. The summed E-state index contributed by atoms with van der Waals surface area (Å²) in [6.45, 7) is -5.59. The summed E-state index contributed by atoms with van der Waals surface area (Å²) in [4.78, 5) is 20.1. The molecule has 80 valence electrons. The van der Waals surface area contributed by atoms with Crippen molar-refractivity contribution >= 4 is 18.3 Å². The predicted octanol–water partition coefficient (Wildman–Crippen LogP) is 2.16. The van der Waals surface area contributed by atoms with Crippen LogP contribution in [0.2, 0.25) is 0 Å². The SMILES string of the molecule is O=C(c1ccc([N+](=O)[O-])cc1)[B-](F)(F)F. The highest BCUT2D eigenvalue weighted by Crippen LogP contribution is 2.18. The van der Waals surface area contributed by atoms with Crippen LogP contribution in [0.3, 0.4) is 0 Å². The molecule has 15 heavy (non-hydrogen) atoms. The van der Waals surface area contributed by atoms with Crippen LogP contribution in [-0.4, -0.2) is 17.6 Å². The standard InChI is InChI=1S/C7H4BF3NO3/c9-8(10,11)7(13)5-1-3-6(4-2-5)12(14)15/h1-4H/q-1. The number of benzene rings is 1. The lowest BCUT2D eigenvalue weighted by molar-refractivity contribution is -0.384. The van der Waals surface area contributed by atoms with Gasteiger partial charge >= 0.3 is 6.98 Å². The molecule has 4 nitrogen and oxygen atoms in total. The lowest BCUT2D eigenvalue weighted by Crippen LogP contribution is -2.29. The van der Waals surface area contributed by atoms with Crippen molar-refractivity contribution in [1.29, 1.82) is 0 Å². The van der Waals surface area contributed by atoms with E-state index in [9.17, 15) is 27.9 Å². The molecule has 0 unspecified atom stereocenters. The highest BCUT2D eigenvalue weighted by Gasteiger charge is 2.34. The maximum atomic E-state index is 12.0. The third-order valence-corrected chi connectivity index (χ3v) is 1.66. The molecule has 0 amide bonds. The third-order valence-electron chi connectivity index (χ3n) is 1.66. The Morgan fingerprint density at radius 1 is 1.20 bits per heavy atom. The summed E-state index contributed by atoms with van der Waals surface area (Å²) < 4.78 is 35.9. The van der Waals surface area contributed by atoms with Gasteiger partial charge in [-0.2, -0.15) is 0 Å². The number of halogens is 3. The van der Waals surface area contributed by atoms with Gasteiger partial charge in [0.1, 0.15) is 5.68 Å². The van der Waals surface area contributed by atoms with Crippen LogP contribution in [0.5, 0.6) is 0 Å². The van der Waals surface area contributed by atoms with Crippen molar-refractivity contribution < 1.29 is 22.7 Å². The second-order valence-electron chi connectivity index (χ2n) is 2.74. The average molecular weight is 218 g/mol. The normalized spacial score (nSPS) is 11.1. The first-order valence-electron chi connectivity index (χ1n) is 3.81. The highest BCUT2D eigenvalue weighted by atomic mass is 19.4. The Labute approximate surface area is 81.9 Å². The van der Waals surface area contributed by atoms with Crippen LogP contribution in [0.1, 0.15) is 10.4 Å². The summed E-state index contributed by atoms with van der Waals surface area (Å²) in [7, 11) is 0. The van der Waals surface area contributed by atoms with Crippen molar-refractivity contribution in [3.05, 3.63) is 39.9 Å². The minimum absolute atomic E-state index is 0.360. The van der Waals surface area contributed by atoms with Crippen LogP contribution in [0.15, 0.2) is 24.3 Å². The molecular weight excluding hydrogens is 214 g/mol. The van der Waals surface area contributed by atoms with Crippen LogP contribution < -0.4 is 0 Å². The Morgan fingerprint density at radius 2 is 1.67 bits per heavy atom. The summed E-state index contributed by atoms with van der Waals surface area (Å²) >= 11 is 0. The summed E-state index contributed by atoms with van der Waals surface area (Å²) in [5.41, 5.74) is -2.90. The van der Waals surface area contributed by atoms with Crippen LogP contribution in [0.4, 0.5) is 18.6 Å². The van der Waals surface area contributed by atoms with Gasteiger partial charge in [-0.25, -0.2) is 0 Å². The lowest BCUT2D eigenvalue weighted by Gasteiger charge is -2.12. The van der Waals surface area contributed by atoms with Gasteiger partial charge in [0.05, 0.1) is 4.92 Å². The highest BCUT2D eigenvalue weighted by molar-refractivity contribution is 6.93.